The van der Waals surface area contributed by atoms with Crippen molar-refractivity contribution in [1.29, 1.82) is 0 Å². The minimum atomic E-state index is -0.524. The third-order valence-electron chi connectivity index (χ3n) is 3.91. The van der Waals surface area contributed by atoms with Gasteiger partial charge in [-0.3, -0.25) is 4.79 Å². The summed E-state index contributed by atoms with van der Waals surface area (Å²) in [4.78, 5) is 24.1. The fourth-order valence-corrected chi connectivity index (χ4v) is 2.56. The van der Waals surface area contributed by atoms with Gasteiger partial charge in [0.15, 0.2) is 12.4 Å². The molecule has 2 aromatic rings. The van der Waals surface area contributed by atoms with E-state index >= 15 is 0 Å². The highest BCUT2D eigenvalue weighted by atomic mass is 19.1. The molecule has 1 heterocycles. The van der Waals surface area contributed by atoms with Crippen LogP contribution in [0.1, 0.15) is 21.5 Å². The summed E-state index contributed by atoms with van der Waals surface area (Å²) in [7, 11) is 0. The molecule has 3 rings (SSSR count). The highest BCUT2D eigenvalue weighted by Crippen LogP contribution is 2.39. The number of esters is 1. The number of benzene rings is 2. The molecule has 0 fully saturated rings. The van der Waals surface area contributed by atoms with Gasteiger partial charge in [0.05, 0.1) is 5.56 Å². The van der Waals surface area contributed by atoms with E-state index in [-0.39, 0.29) is 30.6 Å². The van der Waals surface area contributed by atoms with Gasteiger partial charge >= 0.3 is 5.97 Å². The maximum Gasteiger partial charge on any atom is 0.344 e. The van der Waals surface area contributed by atoms with Crippen molar-refractivity contribution in [3.63, 3.8) is 0 Å². The Kier molecular flexibility index (Phi) is 5.35. The molecule has 0 bridgehead atoms. The van der Waals surface area contributed by atoms with Gasteiger partial charge in [-0.25, -0.2) is 9.18 Å². The average Bonchev–Trinajstić information content (AvgIpc) is 2.98. The normalized spacial score (nSPS) is 13.9. The molecule has 138 valence electrons. The predicted octanol–water partition coefficient (Wildman–Crippen LogP) is 3.86. The van der Waals surface area contributed by atoms with E-state index in [2.05, 4.69) is 6.58 Å². The van der Waals surface area contributed by atoms with Gasteiger partial charge in [-0.15, -0.1) is 0 Å². The van der Waals surface area contributed by atoms with Crippen molar-refractivity contribution in [3.8, 4) is 11.5 Å². The molecule has 6 heteroatoms. The molecule has 0 unspecified atom stereocenters. The summed E-state index contributed by atoms with van der Waals surface area (Å²) in [5.74, 6) is -0.214. The molecule has 0 radical (unpaired) electrons. The Morgan fingerprint density at radius 1 is 1.22 bits per heavy atom. The number of carbonyl (C=O) groups excluding carboxylic acids is 2. The van der Waals surface area contributed by atoms with Crippen LogP contribution in [0.4, 0.5) is 4.39 Å². The van der Waals surface area contributed by atoms with E-state index < -0.39 is 5.97 Å². The fourth-order valence-electron chi connectivity index (χ4n) is 2.56. The zero-order chi connectivity index (χ0) is 19.4. The molecule has 0 saturated heterocycles. The lowest BCUT2D eigenvalue weighted by molar-refractivity contribution is -0.144. The van der Waals surface area contributed by atoms with Gasteiger partial charge in [0.1, 0.15) is 23.9 Å². The molecule has 1 aliphatic heterocycles. The van der Waals surface area contributed by atoms with Crippen molar-refractivity contribution in [1.82, 2.24) is 0 Å². The first kappa shape index (κ1) is 18.4. The summed E-state index contributed by atoms with van der Waals surface area (Å²) in [5, 5.41) is 0. The van der Waals surface area contributed by atoms with Crippen LogP contribution >= 0.6 is 0 Å². The molecule has 2 aromatic carbocycles. The van der Waals surface area contributed by atoms with Crippen molar-refractivity contribution < 1.29 is 28.2 Å². The summed E-state index contributed by atoms with van der Waals surface area (Å²) in [6.45, 7) is 5.04. The van der Waals surface area contributed by atoms with Crippen LogP contribution in [-0.4, -0.2) is 25.0 Å². The van der Waals surface area contributed by atoms with E-state index in [1.165, 1.54) is 18.2 Å². The van der Waals surface area contributed by atoms with Gasteiger partial charge in [0, 0.05) is 5.56 Å². The second kappa shape index (κ2) is 7.86. The number of hydrogen-bond donors (Lipinski definition) is 0. The Balaban J connectivity index is 1.78. The first-order valence-electron chi connectivity index (χ1n) is 8.22. The molecular weight excluding hydrogens is 351 g/mol. The number of Topliss-reactive ketones (excluding diaryl/α,β-unsaturated/α-hetero) is 1. The summed E-state index contributed by atoms with van der Waals surface area (Å²) in [6.07, 6.45) is 3.02. The van der Waals surface area contributed by atoms with Gasteiger partial charge in [-0.1, -0.05) is 24.8 Å². The van der Waals surface area contributed by atoms with E-state index in [1.807, 2.05) is 0 Å². The molecule has 0 spiro atoms. The second-order valence-electron chi connectivity index (χ2n) is 5.82. The minimum absolute atomic E-state index is 0.112. The first-order valence-corrected chi connectivity index (χ1v) is 8.22. The van der Waals surface area contributed by atoms with Crippen LogP contribution in [0.15, 0.2) is 54.8 Å². The number of carbonyl (C=O) groups is 2. The highest BCUT2D eigenvalue weighted by Gasteiger charge is 2.30. The van der Waals surface area contributed by atoms with Crippen LogP contribution in [0, 0.1) is 12.7 Å². The lowest BCUT2D eigenvalue weighted by Gasteiger charge is -2.10. The van der Waals surface area contributed by atoms with Gasteiger partial charge in [-0.2, -0.15) is 0 Å². The van der Waals surface area contributed by atoms with Crippen molar-refractivity contribution >= 4 is 17.8 Å². The summed E-state index contributed by atoms with van der Waals surface area (Å²) < 4.78 is 29.0. The van der Waals surface area contributed by atoms with Gasteiger partial charge in [-0.05, 0) is 42.8 Å². The molecule has 0 atom stereocenters. The zero-order valence-corrected chi connectivity index (χ0v) is 14.7. The smallest absolute Gasteiger partial charge is 0.344 e. The quantitative estimate of drug-likeness (QED) is 0.440. The SMILES string of the molecule is C=CCOC(=O)COc1ccc2c(c1C)O/C(=C\c1ccc(F)cc1)C2=O. The Morgan fingerprint density at radius 3 is 2.67 bits per heavy atom. The second-order valence-corrected chi connectivity index (χ2v) is 5.82. The Bertz CT molecular complexity index is 928. The van der Waals surface area contributed by atoms with Crippen molar-refractivity contribution in [2.45, 2.75) is 6.92 Å². The topological polar surface area (TPSA) is 61.8 Å². The first-order chi connectivity index (χ1) is 13.0. The lowest BCUT2D eigenvalue weighted by Crippen LogP contribution is -2.15. The van der Waals surface area contributed by atoms with Crippen LogP contribution in [0.5, 0.6) is 11.5 Å². The zero-order valence-electron chi connectivity index (χ0n) is 14.7. The molecule has 27 heavy (non-hydrogen) atoms. The lowest BCUT2D eigenvalue weighted by atomic mass is 10.1. The standard InChI is InChI=1S/C21H17FO5/c1-3-10-25-19(23)12-26-17-9-8-16-20(24)18(27-21(16)13(17)2)11-14-4-6-15(22)7-5-14/h3-9,11H,1,10,12H2,2H3/b18-11-. The molecule has 0 aliphatic carbocycles. The van der Waals surface area contributed by atoms with E-state index in [4.69, 9.17) is 14.2 Å². The van der Waals surface area contributed by atoms with E-state index in [0.29, 0.717) is 28.2 Å². The third kappa shape index (κ3) is 4.06. The maximum atomic E-state index is 13.0. The van der Waals surface area contributed by atoms with Gasteiger partial charge < -0.3 is 14.2 Å². The minimum Gasteiger partial charge on any atom is -0.481 e. The highest BCUT2D eigenvalue weighted by molar-refractivity contribution is 6.14. The summed E-state index contributed by atoms with van der Waals surface area (Å²) in [5.41, 5.74) is 1.65. The number of allylic oxidation sites excluding steroid dienone is 1. The monoisotopic (exact) mass is 368 g/mol. The molecule has 0 aromatic heterocycles. The van der Waals surface area contributed by atoms with Gasteiger partial charge in [0.2, 0.25) is 5.78 Å². The average molecular weight is 368 g/mol. The van der Waals surface area contributed by atoms with E-state index in [0.717, 1.165) is 0 Å². The van der Waals surface area contributed by atoms with E-state index in [9.17, 15) is 14.0 Å². The van der Waals surface area contributed by atoms with Crippen LogP contribution in [0.25, 0.3) is 6.08 Å². The molecule has 1 aliphatic rings. The number of rotatable bonds is 6. The Hall–Kier alpha value is -3.41. The molecule has 0 amide bonds. The number of fused-ring (bicyclic) bond motifs is 1. The van der Waals surface area contributed by atoms with E-state index in [1.54, 1.807) is 37.3 Å². The molecular formula is C21H17FO5. The molecule has 0 saturated carbocycles. The summed E-state index contributed by atoms with van der Waals surface area (Å²) >= 11 is 0. The fraction of sp³-hybridized carbons (Fsp3) is 0.143. The Morgan fingerprint density at radius 2 is 1.96 bits per heavy atom. The Labute approximate surface area is 155 Å². The number of ether oxygens (including phenoxy) is 3. The maximum absolute atomic E-state index is 13.0. The molecule has 0 N–H and O–H groups in total. The number of halogens is 1. The number of hydrogen-bond acceptors (Lipinski definition) is 5. The largest absolute Gasteiger partial charge is 0.481 e. The predicted molar refractivity (Wildman–Crippen MR) is 97.2 cm³/mol. The number of ketones is 1. The summed E-state index contributed by atoms with van der Waals surface area (Å²) in [6, 6.07) is 8.91. The third-order valence-corrected chi connectivity index (χ3v) is 3.91. The van der Waals surface area contributed by atoms with Crippen molar-refractivity contribution in [2.75, 3.05) is 13.2 Å². The van der Waals surface area contributed by atoms with Crippen molar-refractivity contribution in [3.05, 3.63) is 77.3 Å². The molecule has 5 nitrogen and oxygen atoms in total. The van der Waals surface area contributed by atoms with Crippen LogP contribution in [0.2, 0.25) is 0 Å². The van der Waals surface area contributed by atoms with Gasteiger partial charge in [0.25, 0.3) is 0 Å². The van der Waals surface area contributed by atoms with Crippen molar-refractivity contribution in [2.24, 2.45) is 0 Å². The van der Waals surface area contributed by atoms with Crippen LogP contribution in [0.3, 0.4) is 0 Å². The van der Waals surface area contributed by atoms with Crippen LogP contribution in [-0.2, 0) is 9.53 Å². The van der Waals surface area contributed by atoms with Crippen LogP contribution < -0.4 is 9.47 Å².